The Morgan fingerprint density at radius 3 is 1.94 bits per heavy atom. The van der Waals surface area contributed by atoms with Crippen molar-refractivity contribution in [3.8, 4) is 0 Å². The maximum Gasteiger partial charge on any atom is 1.00 e. The van der Waals surface area contributed by atoms with Crippen LogP contribution in [0.3, 0.4) is 0 Å². The van der Waals surface area contributed by atoms with Crippen molar-refractivity contribution in [3.05, 3.63) is 24.3 Å². The molecule has 0 saturated carbocycles. The first kappa shape index (κ1) is 19.5. The van der Waals surface area contributed by atoms with E-state index in [2.05, 4.69) is 9.63 Å². The Morgan fingerprint density at radius 1 is 1.17 bits per heavy atom. The molecule has 0 aromatic heterocycles. The SMILES string of the molecule is C=O.CN(C)c1ccc(N=NS(=O)(=O)[O-])cc1.[Na+]. The normalized spacial score (nSPS) is 10.2. The van der Waals surface area contributed by atoms with Crippen molar-refractivity contribution < 1.29 is 47.3 Å². The Kier molecular flexibility index (Phi) is 9.96. The number of anilines is 1. The quantitative estimate of drug-likeness (QED) is 0.366. The summed E-state index contributed by atoms with van der Waals surface area (Å²) in [5.41, 5.74) is 1.26. The van der Waals surface area contributed by atoms with Crippen molar-refractivity contribution in [2.45, 2.75) is 0 Å². The molecule has 0 aliphatic carbocycles. The summed E-state index contributed by atoms with van der Waals surface area (Å²) in [4.78, 5) is 9.88. The molecule has 0 saturated heterocycles. The van der Waals surface area contributed by atoms with E-state index in [0.29, 0.717) is 5.69 Å². The van der Waals surface area contributed by atoms with E-state index >= 15 is 0 Å². The molecule has 18 heavy (non-hydrogen) atoms. The van der Waals surface area contributed by atoms with Gasteiger partial charge in [0.1, 0.15) is 6.79 Å². The summed E-state index contributed by atoms with van der Waals surface area (Å²) in [5.74, 6) is 0. The van der Waals surface area contributed by atoms with E-state index in [0.717, 1.165) is 5.69 Å². The van der Waals surface area contributed by atoms with Crippen LogP contribution in [0.1, 0.15) is 0 Å². The fourth-order valence-corrected chi connectivity index (χ4v) is 1.11. The van der Waals surface area contributed by atoms with Crippen molar-refractivity contribution in [3.63, 3.8) is 0 Å². The number of benzene rings is 1. The van der Waals surface area contributed by atoms with Gasteiger partial charge in [0.15, 0.2) is 0 Å². The fraction of sp³-hybridized carbons (Fsp3) is 0.222. The first-order valence-corrected chi connectivity index (χ1v) is 5.70. The van der Waals surface area contributed by atoms with E-state index in [4.69, 9.17) is 4.79 Å². The number of rotatable bonds is 3. The van der Waals surface area contributed by atoms with Gasteiger partial charge in [-0.3, -0.25) is 0 Å². The van der Waals surface area contributed by atoms with Gasteiger partial charge in [0.05, 0.1) is 5.69 Å². The number of hydrogen-bond donors (Lipinski definition) is 0. The van der Waals surface area contributed by atoms with Crippen LogP contribution in [0.2, 0.25) is 0 Å². The fourth-order valence-electron chi connectivity index (χ4n) is 0.915. The molecule has 7 nitrogen and oxygen atoms in total. The van der Waals surface area contributed by atoms with Crippen LogP contribution in [0.15, 0.2) is 33.9 Å². The van der Waals surface area contributed by atoms with Gasteiger partial charge in [-0.2, -0.15) is 0 Å². The summed E-state index contributed by atoms with van der Waals surface area (Å²) < 4.78 is 33.1. The van der Waals surface area contributed by atoms with Crippen molar-refractivity contribution in [2.24, 2.45) is 9.63 Å². The smallest absolute Gasteiger partial charge is 0.728 e. The van der Waals surface area contributed by atoms with E-state index in [1.807, 2.05) is 25.8 Å². The van der Waals surface area contributed by atoms with Crippen LogP contribution in [0, 0.1) is 0 Å². The van der Waals surface area contributed by atoms with Crippen LogP contribution in [-0.2, 0) is 15.1 Å². The zero-order valence-electron chi connectivity index (χ0n) is 10.4. The molecular formula is C9H12N3NaO4S. The number of nitrogens with zero attached hydrogens (tertiary/aromatic N) is 3. The van der Waals surface area contributed by atoms with Crippen LogP contribution in [0.5, 0.6) is 0 Å². The molecule has 0 bridgehead atoms. The van der Waals surface area contributed by atoms with E-state index in [9.17, 15) is 13.0 Å². The molecule has 0 amide bonds. The van der Waals surface area contributed by atoms with Gasteiger partial charge in [0.2, 0.25) is 10.3 Å². The van der Waals surface area contributed by atoms with Crippen LogP contribution >= 0.6 is 0 Å². The minimum atomic E-state index is -4.65. The monoisotopic (exact) mass is 281 g/mol. The molecule has 0 aliphatic heterocycles. The molecule has 0 atom stereocenters. The van der Waals surface area contributed by atoms with E-state index < -0.39 is 10.3 Å². The minimum absolute atomic E-state index is 0. The summed E-state index contributed by atoms with van der Waals surface area (Å²) in [6.07, 6.45) is 0. The molecule has 9 heteroatoms. The first-order chi connectivity index (χ1) is 7.88. The Morgan fingerprint density at radius 2 is 1.61 bits per heavy atom. The topological polar surface area (TPSA) is 102 Å². The minimum Gasteiger partial charge on any atom is -0.728 e. The second-order valence-electron chi connectivity index (χ2n) is 3.02. The van der Waals surface area contributed by atoms with Gasteiger partial charge in [0, 0.05) is 19.8 Å². The Bertz CT molecular complexity index is 473. The molecule has 0 heterocycles. The molecule has 0 N–H and O–H groups in total. The Labute approximate surface area is 128 Å². The van der Waals surface area contributed by atoms with E-state index in [1.165, 1.54) is 0 Å². The van der Waals surface area contributed by atoms with Gasteiger partial charge in [0.25, 0.3) is 0 Å². The van der Waals surface area contributed by atoms with Crippen molar-refractivity contribution in [1.29, 1.82) is 0 Å². The number of carbonyl (C=O) groups is 1. The second-order valence-corrected chi connectivity index (χ2v) is 4.04. The third kappa shape index (κ3) is 8.31. The third-order valence-corrected chi connectivity index (χ3v) is 1.90. The average Bonchev–Trinajstić information content (AvgIpc) is 2.29. The summed E-state index contributed by atoms with van der Waals surface area (Å²) in [7, 11) is -0.904. The molecule has 0 aliphatic rings. The molecule has 1 rings (SSSR count). The van der Waals surface area contributed by atoms with Crippen LogP contribution in [-0.4, -0.2) is 33.9 Å². The summed E-state index contributed by atoms with van der Waals surface area (Å²) in [6.45, 7) is 2.00. The Hall–Kier alpha value is -0.800. The molecule has 0 radical (unpaired) electrons. The molecular weight excluding hydrogens is 269 g/mol. The molecule has 0 unspecified atom stereocenters. The molecule has 0 fully saturated rings. The molecule has 1 aromatic carbocycles. The predicted octanol–water partition coefficient (Wildman–Crippen LogP) is -1.88. The summed E-state index contributed by atoms with van der Waals surface area (Å²) >= 11 is 0. The van der Waals surface area contributed by atoms with Gasteiger partial charge in [-0.05, 0) is 24.3 Å². The molecule has 1 aromatic rings. The summed E-state index contributed by atoms with van der Waals surface area (Å²) in [6, 6.07) is 6.63. The van der Waals surface area contributed by atoms with Gasteiger partial charge in [-0.1, -0.05) is 4.52 Å². The first-order valence-electron chi connectivity index (χ1n) is 4.33. The van der Waals surface area contributed by atoms with Gasteiger partial charge in [-0.25, -0.2) is 8.42 Å². The van der Waals surface area contributed by atoms with Crippen molar-refractivity contribution >= 4 is 28.5 Å². The maximum atomic E-state index is 10.2. The van der Waals surface area contributed by atoms with E-state index in [-0.39, 0.29) is 29.6 Å². The van der Waals surface area contributed by atoms with Gasteiger partial charge in [-0.15, -0.1) is 5.11 Å². The number of hydrogen-bond acceptors (Lipinski definition) is 6. The maximum absolute atomic E-state index is 10.2. The average molecular weight is 281 g/mol. The summed E-state index contributed by atoms with van der Waals surface area (Å²) in [5, 5.41) is 3.28. The Balaban J connectivity index is 0. The van der Waals surface area contributed by atoms with E-state index in [1.54, 1.807) is 24.3 Å². The number of carbonyl (C=O) groups excluding carboxylic acids is 1. The predicted molar refractivity (Wildman–Crippen MR) is 62.1 cm³/mol. The van der Waals surface area contributed by atoms with Gasteiger partial charge < -0.3 is 14.2 Å². The zero-order valence-corrected chi connectivity index (χ0v) is 13.2. The van der Waals surface area contributed by atoms with Crippen LogP contribution < -0.4 is 34.5 Å². The van der Waals surface area contributed by atoms with Crippen LogP contribution in [0.25, 0.3) is 0 Å². The third-order valence-electron chi connectivity index (χ3n) is 1.62. The second kappa shape index (κ2) is 9.17. The van der Waals surface area contributed by atoms with Crippen molar-refractivity contribution in [1.82, 2.24) is 0 Å². The molecule has 0 spiro atoms. The largest absolute Gasteiger partial charge is 1.00 e. The van der Waals surface area contributed by atoms with Crippen LogP contribution in [0.4, 0.5) is 11.4 Å². The standard InChI is InChI=1S/C8H11N3O3S.CH2O.Na/c1-11(2)8-5-3-7(4-6-8)9-10-15(12,13)14;1-2;/h3-6H,1-2H3,(H,12,13,14);1H2;/q;;+1/p-1. The molecule has 94 valence electrons. The van der Waals surface area contributed by atoms with Crippen molar-refractivity contribution in [2.75, 3.05) is 19.0 Å². The zero-order chi connectivity index (χ0) is 13.5. The van der Waals surface area contributed by atoms with Gasteiger partial charge >= 0.3 is 29.6 Å².